The zero-order chi connectivity index (χ0) is 13.5. The molecular weight excluding hydrogens is 242 g/mol. The van der Waals surface area contributed by atoms with E-state index in [1.807, 2.05) is 6.07 Å². The molecule has 0 aromatic heterocycles. The fourth-order valence-electron chi connectivity index (χ4n) is 2.53. The van der Waals surface area contributed by atoms with E-state index in [0.717, 1.165) is 23.3 Å². The SMILES string of the molecule is CCCC1C(N)c2cc(C(C)(C)C)ccc2S1=O. The van der Waals surface area contributed by atoms with Gasteiger partial charge in [0.15, 0.2) is 0 Å². The molecule has 1 aromatic carbocycles. The minimum atomic E-state index is -0.926. The predicted molar refractivity (Wildman–Crippen MR) is 77.2 cm³/mol. The molecule has 0 saturated carbocycles. The van der Waals surface area contributed by atoms with Gasteiger partial charge in [-0.15, -0.1) is 0 Å². The average Bonchev–Trinajstić information content (AvgIpc) is 2.53. The normalized spacial score (nSPS) is 27.3. The summed E-state index contributed by atoms with van der Waals surface area (Å²) in [4.78, 5) is 0.953. The Bertz CT molecular complexity index is 476. The van der Waals surface area contributed by atoms with Gasteiger partial charge in [-0.2, -0.15) is 0 Å². The van der Waals surface area contributed by atoms with Crippen LogP contribution in [-0.4, -0.2) is 9.46 Å². The topological polar surface area (TPSA) is 43.1 Å². The fraction of sp³-hybridized carbons (Fsp3) is 0.600. The molecule has 1 aliphatic heterocycles. The highest BCUT2D eigenvalue weighted by Gasteiger charge is 2.36. The Morgan fingerprint density at radius 1 is 1.33 bits per heavy atom. The molecule has 0 bridgehead atoms. The third kappa shape index (κ3) is 2.26. The van der Waals surface area contributed by atoms with Gasteiger partial charge in [-0.25, -0.2) is 0 Å². The maximum atomic E-state index is 12.4. The molecule has 3 unspecified atom stereocenters. The summed E-state index contributed by atoms with van der Waals surface area (Å²) in [7, 11) is -0.926. The molecule has 2 rings (SSSR count). The van der Waals surface area contributed by atoms with Gasteiger partial charge in [0, 0.05) is 10.9 Å². The molecule has 100 valence electrons. The van der Waals surface area contributed by atoms with E-state index in [9.17, 15) is 4.21 Å². The van der Waals surface area contributed by atoms with Crippen LogP contribution >= 0.6 is 0 Å². The molecule has 0 aliphatic carbocycles. The lowest BCUT2D eigenvalue weighted by molar-refractivity contribution is 0.582. The van der Waals surface area contributed by atoms with E-state index >= 15 is 0 Å². The van der Waals surface area contributed by atoms with Crippen molar-refractivity contribution in [3.05, 3.63) is 29.3 Å². The molecule has 18 heavy (non-hydrogen) atoms. The molecule has 1 aliphatic rings. The summed E-state index contributed by atoms with van der Waals surface area (Å²) in [5.74, 6) is 0. The summed E-state index contributed by atoms with van der Waals surface area (Å²) in [5, 5.41) is 0.0974. The van der Waals surface area contributed by atoms with Crippen molar-refractivity contribution >= 4 is 10.8 Å². The van der Waals surface area contributed by atoms with E-state index in [1.54, 1.807) is 0 Å². The summed E-state index contributed by atoms with van der Waals surface area (Å²) in [6.07, 6.45) is 1.97. The van der Waals surface area contributed by atoms with Gasteiger partial charge >= 0.3 is 0 Å². The van der Waals surface area contributed by atoms with Gasteiger partial charge in [-0.05, 0) is 29.0 Å². The highest BCUT2D eigenvalue weighted by molar-refractivity contribution is 7.86. The number of rotatable bonds is 2. The predicted octanol–water partition coefficient (Wildman–Crippen LogP) is 3.27. The van der Waals surface area contributed by atoms with Crippen LogP contribution in [0.15, 0.2) is 23.1 Å². The number of benzene rings is 1. The van der Waals surface area contributed by atoms with Gasteiger partial charge in [0.2, 0.25) is 0 Å². The van der Waals surface area contributed by atoms with Gasteiger partial charge in [0.05, 0.1) is 16.0 Å². The van der Waals surface area contributed by atoms with E-state index in [4.69, 9.17) is 5.73 Å². The summed E-state index contributed by atoms with van der Waals surface area (Å²) in [6, 6.07) is 6.20. The Kier molecular flexibility index (Phi) is 3.65. The number of hydrogen-bond acceptors (Lipinski definition) is 2. The van der Waals surface area contributed by atoms with Crippen LogP contribution in [-0.2, 0) is 16.2 Å². The van der Waals surface area contributed by atoms with E-state index in [0.29, 0.717) is 0 Å². The van der Waals surface area contributed by atoms with Crippen molar-refractivity contribution < 1.29 is 4.21 Å². The second kappa shape index (κ2) is 4.78. The van der Waals surface area contributed by atoms with Crippen LogP contribution in [0.5, 0.6) is 0 Å². The molecule has 3 heteroatoms. The second-order valence-corrected chi connectivity index (χ2v) is 7.79. The third-order valence-electron chi connectivity index (χ3n) is 3.70. The number of nitrogens with two attached hydrogens (primary N) is 1. The lowest BCUT2D eigenvalue weighted by Gasteiger charge is -2.20. The van der Waals surface area contributed by atoms with Crippen molar-refractivity contribution in [2.24, 2.45) is 5.73 Å². The zero-order valence-electron chi connectivity index (χ0n) is 11.7. The fourth-order valence-corrected chi connectivity index (χ4v) is 4.34. The molecular formula is C15H23NOS. The summed E-state index contributed by atoms with van der Waals surface area (Å²) < 4.78 is 12.4. The summed E-state index contributed by atoms with van der Waals surface area (Å²) in [5.41, 5.74) is 8.76. The Labute approximate surface area is 112 Å². The number of hydrogen-bond donors (Lipinski definition) is 1. The third-order valence-corrected chi connectivity index (χ3v) is 5.58. The van der Waals surface area contributed by atoms with Gasteiger partial charge in [-0.1, -0.05) is 46.2 Å². The van der Waals surface area contributed by atoms with Crippen molar-refractivity contribution in [3.8, 4) is 0 Å². The van der Waals surface area contributed by atoms with E-state index in [-0.39, 0.29) is 16.7 Å². The first-order valence-electron chi connectivity index (χ1n) is 6.67. The molecule has 1 heterocycles. The van der Waals surface area contributed by atoms with Crippen molar-refractivity contribution in [3.63, 3.8) is 0 Å². The molecule has 1 aromatic rings. The highest BCUT2D eigenvalue weighted by Crippen LogP contribution is 2.39. The maximum absolute atomic E-state index is 12.4. The first kappa shape index (κ1) is 13.8. The molecule has 2 N–H and O–H groups in total. The molecule has 0 saturated heterocycles. The van der Waals surface area contributed by atoms with Crippen LogP contribution in [0, 0.1) is 0 Å². The first-order valence-corrected chi connectivity index (χ1v) is 7.88. The van der Waals surface area contributed by atoms with Crippen LogP contribution in [0.2, 0.25) is 0 Å². The smallest absolute Gasteiger partial charge is 0.0587 e. The van der Waals surface area contributed by atoms with Crippen molar-refractivity contribution in [2.75, 3.05) is 0 Å². The van der Waals surface area contributed by atoms with Crippen LogP contribution in [0.3, 0.4) is 0 Å². The van der Waals surface area contributed by atoms with Crippen molar-refractivity contribution in [2.45, 2.75) is 62.1 Å². The largest absolute Gasteiger partial charge is 0.323 e. The van der Waals surface area contributed by atoms with E-state index in [1.165, 1.54) is 5.56 Å². The van der Waals surface area contributed by atoms with Gasteiger partial charge in [-0.3, -0.25) is 4.21 Å². The Morgan fingerprint density at radius 3 is 2.56 bits per heavy atom. The van der Waals surface area contributed by atoms with Gasteiger partial charge in [0.25, 0.3) is 0 Å². The maximum Gasteiger partial charge on any atom is 0.0587 e. The second-order valence-electron chi connectivity index (χ2n) is 6.15. The van der Waals surface area contributed by atoms with Crippen LogP contribution < -0.4 is 5.73 Å². The quantitative estimate of drug-likeness (QED) is 0.891. The Balaban J connectivity index is 2.43. The minimum absolute atomic E-state index is 0.0666. The Morgan fingerprint density at radius 2 is 2.00 bits per heavy atom. The molecule has 2 nitrogen and oxygen atoms in total. The van der Waals surface area contributed by atoms with Gasteiger partial charge < -0.3 is 5.73 Å². The average molecular weight is 265 g/mol. The van der Waals surface area contributed by atoms with Crippen molar-refractivity contribution in [1.29, 1.82) is 0 Å². The molecule has 0 amide bonds. The van der Waals surface area contributed by atoms with Crippen LogP contribution in [0.1, 0.15) is 57.7 Å². The molecule has 0 radical (unpaired) electrons. The molecule has 0 fully saturated rings. The zero-order valence-corrected chi connectivity index (χ0v) is 12.5. The van der Waals surface area contributed by atoms with Gasteiger partial charge in [0.1, 0.15) is 0 Å². The van der Waals surface area contributed by atoms with Crippen molar-refractivity contribution in [1.82, 2.24) is 0 Å². The Hall–Kier alpha value is -0.670. The summed E-state index contributed by atoms with van der Waals surface area (Å²) >= 11 is 0. The lowest BCUT2D eigenvalue weighted by atomic mass is 9.85. The minimum Gasteiger partial charge on any atom is -0.323 e. The van der Waals surface area contributed by atoms with Crippen LogP contribution in [0.4, 0.5) is 0 Å². The number of fused-ring (bicyclic) bond motifs is 1. The molecule has 3 atom stereocenters. The standard InChI is InChI=1S/C15H23NOS/c1-5-6-13-14(16)11-9-10(15(2,3)4)7-8-12(11)18(13)17/h7-9,13-14H,5-6,16H2,1-4H3. The lowest BCUT2D eigenvalue weighted by Crippen LogP contribution is -2.23. The summed E-state index contributed by atoms with van der Waals surface area (Å²) in [6.45, 7) is 8.69. The molecule has 0 spiro atoms. The van der Waals surface area contributed by atoms with E-state index < -0.39 is 10.8 Å². The monoisotopic (exact) mass is 265 g/mol. The first-order chi connectivity index (χ1) is 8.36. The highest BCUT2D eigenvalue weighted by atomic mass is 32.2. The van der Waals surface area contributed by atoms with E-state index in [2.05, 4.69) is 39.8 Å². The van der Waals surface area contributed by atoms with Crippen LogP contribution in [0.25, 0.3) is 0 Å².